The van der Waals surface area contributed by atoms with Crippen molar-refractivity contribution < 1.29 is 10.0 Å². The highest BCUT2D eigenvalue weighted by molar-refractivity contribution is 8.86. The number of benzene rings is 2. The van der Waals surface area contributed by atoms with Gasteiger partial charge in [-0.3, -0.25) is 0 Å². The monoisotopic (exact) mass is 3030 g/mol. The summed E-state index contributed by atoms with van der Waals surface area (Å²) in [6.45, 7) is 4.17. The molecule has 0 amide bonds. The first-order valence-corrected chi connectivity index (χ1v) is 134. The smallest absolute Gasteiger partial charge is 0.423 e. The lowest BCUT2D eigenvalue weighted by Crippen LogP contribution is -2.26. The summed E-state index contributed by atoms with van der Waals surface area (Å²) in [4.78, 5) is 0. The van der Waals surface area contributed by atoms with Crippen molar-refractivity contribution in [3.05, 3.63) is 65.0 Å². The van der Waals surface area contributed by atoms with Gasteiger partial charge >= 0.3 is 7.12 Å². The van der Waals surface area contributed by atoms with Crippen molar-refractivity contribution in [2.24, 2.45) is 0 Å². The summed E-state index contributed by atoms with van der Waals surface area (Å²) in [6, 6.07) is 16.3. The predicted molar refractivity (Wildman–Crippen MR) is 722 cm³/mol. The average Bonchev–Trinajstić information content (AvgIpc) is 1.71. The van der Waals surface area contributed by atoms with Gasteiger partial charge in [-0.1, -0.05) is 36.4 Å². The van der Waals surface area contributed by atoms with Gasteiger partial charge in [-0.15, -0.1) is 22.7 Å². The third kappa shape index (κ3) is 86.7. The van der Waals surface area contributed by atoms with Crippen LogP contribution in [0.15, 0.2) is 53.9 Å². The normalized spacial score (nSPS) is 8.45. The molecule has 0 aliphatic carbocycles. The minimum absolute atomic E-state index is 0.601. The molecule has 0 fully saturated rings. The van der Waals surface area contributed by atoms with E-state index in [-0.39, 0.29) is 0 Å². The quantitative estimate of drug-likeness (QED) is 0.285. The maximum absolute atomic E-state index is 8.98. The fraction of sp³-hybridized carbons (Fsp3) is 0.111. The van der Waals surface area contributed by atoms with Gasteiger partial charge in [0.1, 0.15) is 0 Å². The lowest BCUT2D eigenvalue weighted by Gasteiger charge is -1.92. The zero-order valence-corrected chi connectivity index (χ0v) is 117. The van der Waals surface area contributed by atoms with Gasteiger partial charge in [-0.25, -0.2) is 0 Å². The molecule has 4 rings (SSSR count). The molecule has 0 spiro atoms. The number of hydrogen-bond donors (Lipinski definition) is 2. The molecule has 620 valence electrons. The van der Waals surface area contributed by atoms with Gasteiger partial charge < -0.3 is 10.0 Å². The Bertz CT molecular complexity index is 7700. The van der Waals surface area contributed by atoms with Gasteiger partial charge in [0.25, 0.3) is 0 Å². The summed E-state index contributed by atoms with van der Waals surface area (Å²) < 4.78 is 3.15. The van der Waals surface area contributed by atoms with Gasteiger partial charge in [0.2, 0.25) is 0 Å². The third-order valence-electron chi connectivity index (χ3n) is 5.94. The molecule has 0 radical (unpaired) electrons. The highest BCUT2D eigenvalue weighted by Crippen LogP contribution is 2.24. The van der Waals surface area contributed by atoms with Crippen molar-refractivity contribution in [2.45, 2.75) is 13.8 Å². The molecular weight excluding hydrogens is 3020 g/mol. The zero-order valence-electron chi connectivity index (χ0n) is 47.3. The molecule has 89 heteroatoms. The molecule has 4 aromatic rings. The standard InChI is InChI=1S/C9H9BO2S.C9H8S.S84/c1-6-3-2-4-7-5-8(10(11)12)13-9(6)7;1-7-3-2-4-8-5-6-10-9(7)8;1-3-5-7-9-11-13-15-17-19-21-23-25-27-29-31-33-35-37-39-41-43-45-47-49-51-53-55-57-59-61-63-65-67-69-71-73-75-77-79-81-83-84-82-80-78-76-74-72-70-68-66-64-62-60-58-56-54-52-50-48-46-44-42-40-38-36-34-32-30-28-26-24-22-20-18-16-14-12-10-8-6-4-2/h2-5,11-12H,1H3;2-6H,1H3;. The molecule has 0 saturated carbocycles. The first kappa shape index (κ1) is 120. The maximum Gasteiger partial charge on any atom is 0.499 e. The van der Waals surface area contributed by atoms with Crippen LogP contribution in [0.1, 0.15) is 11.1 Å². The second-order valence-electron chi connectivity index (χ2n) is 11.0. The summed E-state index contributed by atoms with van der Waals surface area (Å²) in [5.41, 5.74) is 2.56. The van der Waals surface area contributed by atoms with Crippen LogP contribution in [0, 0.1) is 13.8 Å². The molecule has 2 N–H and O–H groups in total. The maximum atomic E-state index is 8.98. The molecular formula is C18H17BO2S86. The molecule has 0 bridgehead atoms. The second-order valence-corrected chi connectivity index (χ2v) is 158. The number of hydrogen-bond acceptors (Lipinski definition) is 6. The molecule has 0 atom stereocenters. The van der Waals surface area contributed by atoms with E-state index in [0.29, 0.717) is 4.78 Å². The predicted octanol–water partition coefficient (Wildman–Crippen LogP) is 3.90. The van der Waals surface area contributed by atoms with Crippen LogP contribution < -0.4 is 4.78 Å². The third-order valence-corrected chi connectivity index (χ3v) is 188. The summed E-state index contributed by atoms with van der Waals surface area (Å²) in [5.74, 6) is 0. The van der Waals surface area contributed by atoms with E-state index in [9.17, 15) is 0 Å². The lowest BCUT2D eigenvalue weighted by atomic mass is 9.89. The topological polar surface area (TPSA) is 40.5 Å². The van der Waals surface area contributed by atoms with E-state index >= 15 is 0 Å². The van der Waals surface area contributed by atoms with E-state index in [4.69, 9.17) is 32.4 Å². The zero-order chi connectivity index (χ0) is 76.4. The van der Waals surface area contributed by atoms with Crippen molar-refractivity contribution >= 4 is 805 Å². The number of fused-ring (bicyclic) bond motifs is 2. The Morgan fingerprint density at radius 1 is 0.224 bits per heavy atom. The lowest BCUT2D eigenvalue weighted by molar-refractivity contribution is 0.427. The summed E-state index contributed by atoms with van der Waals surface area (Å²) in [5, 5.41) is 22.5. The minimum Gasteiger partial charge on any atom is -0.423 e. The second kappa shape index (κ2) is 102. The van der Waals surface area contributed by atoms with Crippen LogP contribution >= 0.6 is 22.7 Å². The summed E-state index contributed by atoms with van der Waals surface area (Å²) in [7, 11) is 147. The van der Waals surface area contributed by atoms with Gasteiger partial charge in [0.05, 0.1) is 0 Å². The molecule has 0 unspecified atom stereocenters. The van der Waals surface area contributed by atoms with Crippen LogP contribution in [0.3, 0.4) is 0 Å². The van der Waals surface area contributed by atoms with Crippen LogP contribution in [0.25, 0.3) is 20.2 Å². The van der Waals surface area contributed by atoms with Crippen LogP contribution in [0.5, 0.6) is 0 Å². The molecule has 2 heterocycles. The fourth-order valence-electron chi connectivity index (χ4n) is 3.41. The highest BCUT2D eigenvalue weighted by atomic mass is 33.6. The molecule has 2 aromatic heterocycles. The largest absolute Gasteiger partial charge is 0.499 e. The van der Waals surface area contributed by atoms with Gasteiger partial charge in [0, 0.05) is 765 Å². The number of aryl methyl sites for hydroxylation is 2. The van der Waals surface area contributed by atoms with E-state index in [1.165, 1.54) is 50.3 Å². The van der Waals surface area contributed by atoms with Crippen LogP contribution in [-0.2, 0) is 751 Å². The van der Waals surface area contributed by atoms with Crippen molar-refractivity contribution in [1.29, 1.82) is 0 Å². The first-order valence-electron chi connectivity index (χ1n) is 21.2. The van der Waals surface area contributed by atoms with Gasteiger partial charge in [0.15, 0.2) is 0 Å². The number of thiophene rings is 2. The van der Waals surface area contributed by atoms with Crippen LogP contribution in [0.2, 0.25) is 0 Å². The average molecular weight is 3030 g/mol. The van der Waals surface area contributed by atoms with Gasteiger partial charge in [-0.2, -0.15) is 0 Å². The van der Waals surface area contributed by atoms with E-state index in [0.717, 1.165) is 10.1 Å². The Kier molecular flexibility index (Phi) is 114. The number of rotatable bonds is 1. The fourth-order valence-corrected chi connectivity index (χ4v) is 225. The van der Waals surface area contributed by atoms with E-state index in [1.54, 1.807) is 107 Å². The molecule has 2 nitrogen and oxygen atoms in total. The SMILES string of the molecule is Cc1cccc2cc(B(O)O)sc12.Cc1cccc2ccsc12.S=S=S=S=S=S=S=S=S=S=S=S=S=S=S=S=S=S=S=S=S=S=S=S=S=S=S=S=S=S=S=S=S=S=S=S=S=S=S=S=S=S=S=S=S=S=S=S=S=S=S=S=S=S=S=S=S=S=S=S=S=S=S=S=S=S=S=S=S=S=S=S=S=S=S=S=S=S=S=S=S=S=S=S. The highest BCUT2D eigenvalue weighted by Gasteiger charge is 2.14. The van der Waals surface area contributed by atoms with Crippen LogP contribution in [-0.4, -0.2) is 17.2 Å². The van der Waals surface area contributed by atoms with E-state index in [2.05, 4.69) is 36.6 Å². The Balaban J connectivity index is 0.00000139. The Morgan fingerprint density at radius 2 is 0.393 bits per heavy atom. The molecule has 0 aliphatic rings. The Morgan fingerprint density at radius 3 is 0.551 bits per heavy atom. The van der Waals surface area contributed by atoms with Crippen molar-refractivity contribution in [1.82, 2.24) is 0 Å². The van der Waals surface area contributed by atoms with E-state index in [1.807, 2.05) is 646 Å². The minimum atomic E-state index is -1.35. The van der Waals surface area contributed by atoms with Crippen molar-refractivity contribution in [3.8, 4) is 0 Å². The Labute approximate surface area is 868 Å². The molecule has 0 aliphatic heterocycles. The summed E-state index contributed by atoms with van der Waals surface area (Å²) in [6.07, 6.45) is 0. The summed E-state index contributed by atoms with van der Waals surface area (Å²) >= 11 is 12.9. The van der Waals surface area contributed by atoms with Crippen molar-refractivity contribution in [3.63, 3.8) is 0 Å². The van der Waals surface area contributed by atoms with Gasteiger partial charge in [-0.05, 0) is 53.3 Å². The van der Waals surface area contributed by atoms with Crippen molar-refractivity contribution in [2.75, 3.05) is 0 Å². The molecule has 107 heavy (non-hydrogen) atoms. The molecule has 2 aromatic carbocycles. The Hall–Kier alpha value is 16.8. The van der Waals surface area contributed by atoms with E-state index < -0.39 is 7.12 Å². The first-order chi connectivity index (χ1) is 53.0. The molecule has 0 saturated heterocycles. The van der Waals surface area contributed by atoms with Crippen LogP contribution in [0.4, 0.5) is 0 Å².